The molecule has 144 valence electrons. The Bertz CT molecular complexity index is 611. The Kier molecular flexibility index (Phi) is 5.65. The van der Waals surface area contributed by atoms with Gasteiger partial charge in [-0.3, -0.25) is 4.90 Å². The number of amides is 1. The van der Waals surface area contributed by atoms with E-state index < -0.39 is 0 Å². The van der Waals surface area contributed by atoms with Crippen molar-refractivity contribution < 1.29 is 9.53 Å². The number of piperidine rings is 1. The van der Waals surface area contributed by atoms with E-state index in [9.17, 15) is 4.79 Å². The highest BCUT2D eigenvalue weighted by Crippen LogP contribution is 2.35. The lowest BCUT2D eigenvalue weighted by atomic mass is 9.91. The van der Waals surface area contributed by atoms with Gasteiger partial charge in [-0.15, -0.1) is 0 Å². The number of carbonyl (C=O) groups is 1. The molecule has 2 fully saturated rings. The van der Waals surface area contributed by atoms with Crippen LogP contribution in [0.4, 0.5) is 10.7 Å². The predicted molar refractivity (Wildman–Crippen MR) is 101 cm³/mol. The second kappa shape index (κ2) is 7.78. The SMILES string of the molecule is CCC[C@H](C)N1CC2(CCN(Cc3cnc(N(C)C)nc3)CC2)OC1=O. The molecule has 2 aliphatic heterocycles. The summed E-state index contributed by atoms with van der Waals surface area (Å²) in [5.41, 5.74) is 0.828. The molecule has 0 saturated carbocycles. The number of rotatable bonds is 6. The highest BCUT2D eigenvalue weighted by atomic mass is 16.6. The fourth-order valence-corrected chi connectivity index (χ4v) is 3.86. The fourth-order valence-electron chi connectivity index (χ4n) is 3.86. The maximum absolute atomic E-state index is 12.3. The lowest BCUT2D eigenvalue weighted by Gasteiger charge is -2.37. The average molecular weight is 361 g/mol. The van der Waals surface area contributed by atoms with Gasteiger partial charge in [0, 0.05) is 70.6 Å². The van der Waals surface area contributed by atoms with Crippen LogP contribution in [0.1, 0.15) is 45.1 Å². The summed E-state index contributed by atoms with van der Waals surface area (Å²) in [6.45, 7) is 7.71. The van der Waals surface area contributed by atoms with Crippen molar-refractivity contribution in [3.8, 4) is 0 Å². The van der Waals surface area contributed by atoms with E-state index in [0.29, 0.717) is 0 Å². The number of hydrogen-bond acceptors (Lipinski definition) is 6. The molecule has 7 heteroatoms. The van der Waals surface area contributed by atoms with Crippen LogP contribution in [0.2, 0.25) is 0 Å². The summed E-state index contributed by atoms with van der Waals surface area (Å²) in [5.74, 6) is 0.727. The molecule has 1 amide bonds. The zero-order valence-corrected chi connectivity index (χ0v) is 16.4. The molecule has 0 bridgehead atoms. The van der Waals surface area contributed by atoms with Crippen molar-refractivity contribution in [3.05, 3.63) is 18.0 Å². The number of carbonyl (C=O) groups excluding carboxylic acids is 1. The van der Waals surface area contributed by atoms with Crippen molar-refractivity contribution in [1.82, 2.24) is 19.8 Å². The third kappa shape index (κ3) is 4.09. The van der Waals surface area contributed by atoms with Gasteiger partial charge in [-0.2, -0.15) is 0 Å². The summed E-state index contributed by atoms with van der Waals surface area (Å²) in [7, 11) is 3.87. The predicted octanol–water partition coefficient (Wildman–Crippen LogP) is 2.52. The van der Waals surface area contributed by atoms with E-state index in [-0.39, 0.29) is 17.7 Å². The molecule has 0 unspecified atom stereocenters. The summed E-state index contributed by atoms with van der Waals surface area (Å²) in [5, 5.41) is 0. The third-order valence-corrected chi connectivity index (χ3v) is 5.50. The van der Waals surface area contributed by atoms with Crippen LogP contribution in [0.15, 0.2) is 12.4 Å². The molecule has 2 aliphatic rings. The summed E-state index contributed by atoms with van der Waals surface area (Å²) in [4.78, 5) is 27.3. The first-order chi connectivity index (χ1) is 12.4. The van der Waals surface area contributed by atoms with Crippen LogP contribution in [0.3, 0.4) is 0 Å². The largest absolute Gasteiger partial charge is 0.441 e. The van der Waals surface area contributed by atoms with Gasteiger partial charge in [-0.05, 0) is 13.3 Å². The van der Waals surface area contributed by atoms with Gasteiger partial charge >= 0.3 is 6.09 Å². The second-order valence-corrected chi connectivity index (χ2v) is 7.88. The van der Waals surface area contributed by atoms with E-state index in [1.54, 1.807) is 0 Å². The van der Waals surface area contributed by atoms with Crippen LogP contribution in [0.25, 0.3) is 0 Å². The fraction of sp³-hybridized carbons (Fsp3) is 0.737. The molecule has 1 atom stereocenters. The van der Waals surface area contributed by atoms with Gasteiger partial charge < -0.3 is 14.5 Å². The van der Waals surface area contributed by atoms with E-state index in [1.807, 2.05) is 36.3 Å². The molecule has 1 aromatic rings. The summed E-state index contributed by atoms with van der Waals surface area (Å²) >= 11 is 0. The summed E-state index contributed by atoms with van der Waals surface area (Å²) in [6, 6.07) is 0.261. The average Bonchev–Trinajstić information content (AvgIpc) is 2.94. The van der Waals surface area contributed by atoms with Gasteiger partial charge in [0.1, 0.15) is 5.60 Å². The maximum Gasteiger partial charge on any atom is 0.410 e. The topological polar surface area (TPSA) is 61.8 Å². The van der Waals surface area contributed by atoms with E-state index in [0.717, 1.165) is 63.4 Å². The van der Waals surface area contributed by atoms with E-state index in [2.05, 4.69) is 28.7 Å². The molecule has 2 saturated heterocycles. The highest BCUT2D eigenvalue weighted by Gasteiger charge is 2.47. The number of ether oxygens (including phenoxy) is 1. The van der Waals surface area contributed by atoms with E-state index in [4.69, 9.17) is 4.74 Å². The van der Waals surface area contributed by atoms with E-state index >= 15 is 0 Å². The quantitative estimate of drug-likeness (QED) is 0.776. The molecule has 0 N–H and O–H groups in total. The first-order valence-electron chi connectivity index (χ1n) is 9.63. The molecule has 0 radical (unpaired) electrons. The van der Waals surface area contributed by atoms with Crippen LogP contribution in [0.5, 0.6) is 0 Å². The zero-order chi connectivity index (χ0) is 18.7. The normalized spacial score (nSPS) is 21.1. The van der Waals surface area contributed by atoms with Crippen LogP contribution >= 0.6 is 0 Å². The number of hydrogen-bond donors (Lipinski definition) is 0. The number of nitrogens with zero attached hydrogens (tertiary/aromatic N) is 5. The molecule has 0 aromatic carbocycles. The van der Waals surface area contributed by atoms with Crippen molar-refractivity contribution in [2.24, 2.45) is 0 Å². The monoisotopic (exact) mass is 361 g/mol. The van der Waals surface area contributed by atoms with Crippen molar-refractivity contribution in [1.29, 1.82) is 0 Å². The molecule has 7 nitrogen and oxygen atoms in total. The van der Waals surface area contributed by atoms with Crippen molar-refractivity contribution in [2.75, 3.05) is 38.6 Å². The highest BCUT2D eigenvalue weighted by molar-refractivity contribution is 5.71. The third-order valence-electron chi connectivity index (χ3n) is 5.50. The van der Waals surface area contributed by atoms with Gasteiger partial charge in [0.15, 0.2) is 0 Å². The molecule has 3 heterocycles. The first kappa shape index (κ1) is 18.9. The molecule has 26 heavy (non-hydrogen) atoms. The second-order valence-electron chi connectivity index (χ2n) is 7.88. The molecular weight excluding hydrogens is 330 g/mol. The molecule has 3 rings (SSSR count). The minimum absolute atomic E-state index is 0.132. The Labute approximate surface area is 156 Å². The molecular formula is C19H31N5O2. The van der Waals surface area contributed by atoms with E-state index in [1.165, 1.54) is 0 Å². The van der Waals surface area contributed by atoms with Gasteiger partial charge in [0.05, 0.1) is 6.54 Å². The summed E-state index contributed by atoms with van der Waals surface area (Å²) in [6.07, 6.45) is 7.57. The maximum atomic E-state index is 12.3. The van der Waals surface area contributed by atoms with Crippen molar-refractivity contribution in [2.45, 2.75) is 57.7 Å². The lowest BCUT2D eigenvalue weighted by molar-refractivity contribution is -0.00135. The van der Waals surface area contributed by atoms with Crippen molar-refractivity contribution in [3.63, 3.8) is 0 Å². The van der Waals surface area contributed by atoms with Crippen LogP contribution in [0, 0.1) is 0 Å². The minimum atomic E-state index is -0.291. The molecule has 0 aliphatic carbocycles. The van der Waals surface area contributed by atoms with Crippen LogP contribution in [-0.4, -0.2) is 71.2 Å². The number of aromatic nitrogens is 2. The Morgan fingerprint density at radius 2 is 1.92 bits per heavy atom. The minimum Gasteiger partial charge on any atom is -0.441 e. The van der Waals surface area contributed by atoms with Gasteiger partial charge in [-0.25, -0.2) is 14.8 Å². The number of likely N-dealkylation sites (tertiary alicyclic amines) is 1. The standard InChI is InChI=1S/C19H31N5O2/c1-5-6-15(2)24-14-19(26-18(24)25)7-9-23(10-8-19)13-16-11-20-17(21-12-16)22(3)4/h11-12,15H,5-10,13-14H2,1-4H3/t15-/m0/s1. The molecule has 1 spiro atoms. The van der Waals surface area contributed by atoms with Gasteiger partial charge in [-0.1, -0.05) is 13.3 Å². The Morgan fingerprint density at radius 1 is 1.27 bits per heavy atom. The summed E-state index contributed by atoms with van der Waals surface area (Å²) < 4.78 is 5.84. The van der Waals surface area contributed by atoms with Gasteiger partial charge in [0.2, 0.25) is 5.95 Å². The lowest BCUT2D eigenvalue weighted by Crippen LogP contribution is -2.47. The van der Waals surface area contributed by atoms with Crippen LogP contribution in [-0.2, 0) is 11.3 Å². The zero-order valence-electron chi connectivity index (χ0n) is 16.4. The smallest absolute Gasteiger partial charge is 0.410 e. The van der Waals surface area contributed by atoms with Gasteiger partial charge in [0.25, 0.3) is 0 Å². The number of anilines is 1. The Hall–Kier alpha value is -1.89. The molecule has 1 aromatic heterocycles. The first-order valence-corrected chi connectivity index (χ1v) is 9.63. The Balaban J connectivity index is 1.53. The van der Waals surface area contributed by atoms with Crippen LogP contribution < -0.4 is 4.90 Å². The van der Waals surface area contributed by atoms with Crippen molar-refractivity contribution >= 4 is 12.0 Å². The Morgan fingerprint density at radius 3 is 2.50 bits per heavy atom.